The fourth-order valence-corrected chi connectivity index (χ4v) is 7.26. The maximum atomic E-state index is 13.4. The second-order valence-electron chi connectivity index (χ2n) is 11.0. The number of carbonyl (C=O) groups is 2. The van der Waals surface area contributed by atoms with Crippen molar-refractivity contribution in [1.29, 1.82) is 0 Å². The highest BCUT2D eigenvalue weighted by atomic mass is 16.5. The highest BCUT2D eigenvalue weighted by molar-refractivity contribution is 5.89. The Morgan fingerprint density at radius 1 is 1.24 bits per heavy atom. The van der Waals surface area contributed by atoms with Crippen LogP contribution in [0.15, 0.2) is 28.4 Å². The van der Waals surface area contributed by atoms with Gasteiger partial charge in [-0.1, -0.05) is 33.8 Å². The summed E-state index contributed by atoms with van der Waals surface area (Å²) in [5.74, 6) is -1.09. The van der Waals surface area contributed by atoms with E-state index in [1.807, 2.05) is 25.8 Å². The molecule has 1 heterocycles. The Bertz CT molecular complexity index is 1110. The van der Waals surface area contributed by atoms with Gasteiger partial charge in [0.2, 0.25) is 0 Å². The average Bonchev–Trinajstić information content (AvgIpc) is 3.12. The molecule has 3 N–H and O–H groups in total. The number of ketones is 1. The first kappa shape index (κ1) is 23.7. The number of carbonyl (C=O) groups excluding carboxylic acids is 2. The van der Waals surface area contributed by atoms with E-state index in [0.717, 1.165) is 19.0 Å². The SMILES string of the molecule is C=C[C@]1(C)C[C@@H](OC(=O)c2c[nH]c(=O)[nH]c2=O)[C@@]2(C)C3C(=O)CCC3(CC[C@H]2C)[C@@H](C)[C@@H]1O. The second kappa shape index (κ2) is 7.79. The molecule has 3 saturated carbocycles. The van der Waals surface area contributed by atoms with Crippen LogP contribution in [0.3, 0.4) is 0 Å². The molecule has 8 heteroatoms. The van der Waals surface area contributed by atoms with Gasteiger partial charge in [0.15, 0.2) is 0 Å². The Hall–Kier alpha value is -2.48. The molecule has 2 unspecified atom stereocenters. The molecule has 4 rings (SSSR count). The van der Waals surface area contributed by atoms with Crippen LogP contribution in [-0.4, -0.2) is 39.0 Å². The van der Waals surface area contributed by atoms with Crippen LogP contribution in [0.1, 0.15) is 70.2 Å². The minimum atomic E-state index is -0.859. The van der Waals surface area contributed by atoms with E-state index in [9.17, 15) is 24.3 Å². The number of Topliss-reactive ketones (excluding diaryl/α,β-unsaturated/α-hetero) is 1. The predicted molar refractivity (Wildman–Crippen MR) is 122 cm³/mol. The van der Waals surface area contributed by atoms with Crippen molar-refractivity contribution in [2.75, 3.05) is 0 Å². The van der Waals surface area contributed by atoms with Gasteiger partial charge in [-0.2, -0.15) is 0 Å². The number of nitrogens with one attached hydrogen (secondary N) is 2. The van der Waals surface area contributed by atoms with Gasteiger partial charge in [-0.05, 0) is 42.9 Å². The van der Waals surface area contributed by atoms with Crippen molar-refractivity contribution in [2.45, 2.75) is 72.0 Å². The lowest BCUT2D eigenvalue weighted by Crippen LogP contribution is -2.63. The molecule has 1 aromatic heterocycles. The zero-order valence-electron chi connectivity index (χ0n) is 19.8. The second-order valence-corrected chi connectivity index (χ2v) is 11.0. The summed E-state index contributed by atoms with van der Waals surface area (Å²) in [7, 11) is 0. The number of ether oxygens (including phenoxy) is 1. The van der Waals surface area contributed by atoms with Gasteiger partial charge in [0.25, 0.3) is 5.56 Å². The summed E-state index contributed by atoms with van der Waals surface area (Å²) in [6.45, 7) is 12.1. The smallest absolute Gasteiger partial charge is 0.345 e. The van der Waals surface area contributed by atoms with Crippen LogP contribution in [0, 0.1) is 34.0 Å². The lowest BCUT2D eigenvalue weighted by atomic mass is 9.44. The van der Waals surface area contributed by atoms with E-state index in [-0.39, 0.29) is 40.9 Å². The number of aromatic amines is 2. The van der Waals surface area contributed by atoms with Crippen molar-refractivity contribution in [3.05, 3.63) is 45.3 Å². The zero-order chi connectivity index (χ0) is 24.3. The third-order valence-electron chi connectivity index (χ3n) is 9.59. The fraction of sp³-hybridized carbons (Fsp3) is 0.680. The molecule has 0 aliphatic heterocycles. The molecule has 0 radical (unpaired) electrons. The van der Waals surface area contributed by atoms with Crippen LogP contribution < -0.4 is 11.2 Å². The Balaban J connectivity index is 1.86. The summed E-state index contributed by atoms with van der Waals surface area (Å²) in [6.07, 6.45) is 4.41. The average molecular weight is 459 g/mol. The Labute approximate surface area is 192 Å². The summed E-state index contributed by atoms with van der Waals surface area (Å²) in [5, 5.41) is 11.5. The summed E-state index contributed by atoms with van der Waals surface area (Å²) in [6, 6.07) is 0. The van der Waals surface area contributed by atoms with E-state index in [4.69, 9.17) is 4.74 Å². The van der Waals surface area contributed by atoms with Gasteiger partial charge < -0.3 is 14.8 Å². The quantitative estimate of drug-likeness (QED) is 0.472. The van der Waals surface area contributed by atoms with Crippen molar-refractivity contribution in [1.82, 2.24) is 9.97 Å². The molecule has 0 aromatic carbocycles. The molecular formula is C25H34N2O6. The third kappa shape index (κ3) is 3.28. The summed E-state index contributed by atoms with van der Waals surface area (Å²) in [5.41, 5.74) is -3.65. The summed E-state index contributed by atoms with van der Waals surface area (Å²) < 4.78 is 6.03. The minimum Gasteiger partial charge on any atom is -0.458 e. The van der Waals surface area contributed by atoms with Crippen LogP contribution in [0.5, 0.6) is 0 Å². The van der Waals surface area contributed by atoms with Crippen molar-refractivity contribution in [3.63, 3.8) is 0 Å². The maximum absolute atomic E-state index is 13.4. The van der Waals surface area contributed by atoms with Crippen LogP contribution in [-0.2, 0) is 9.53 Å². The molecule has 180 valence electrons. The molecule has 0 spiro atoms. The van der Waals surface area contributed by atoms with Gasteiger partial charge in [-0.3, -0.25) is 14.6 Å². The Kier molecular flexibility index (Phi) is 5.59. The molecule has 2 bridgehead atoms. The van der Waals surface area contributed by atoms with E-state index in [0.29, 0.717) is 12.8 Å². The highest BCUT2D eigenvalue weighted by Crippen LogP contribution is 2.68. The standard InChI is InChI=1S/C25H34N2O6/c1-6-23(4)11-17(33-21(31)15-12-26-22(32)27-20(15)30)24(5)13(2)7-9-25(14(3)19(23)29)10-8-16(28)18(24)25/h6,12-14,17-19,29H,1,7-11H2,2-5H3,(H2,26,27,30,32)/t13-,14+,17-,18?,19+,23-,24+,25?/m1/s1. The highest BCUT2D eigenvalue weighted by Gasteiger charge is 2.68. The number of hydrogen-bond acceptors (Lipinski definition) is 6. The van der Waals surface area contributed by atoms with Crippen molar-refractivity contribution < 1.29 is 19.4 Å². The van der Waals surface area contributed by atoms with Gasteiger partial charge in [0.05, 0.1) is 6.10 Å². The Morgan fingerprint density at radius 3 is 2.58 bits per heavy atom. The van der Waals surface area contributed by atoms with E-state index in [2.05, 4.69) is 18.5 Å². The molecule has 3 aliphatic rings. The van der Waals surface area contributed by atoms with E-state index >= 15 is 0 Å². The summed E-state index contributed by atoms with van der Waals surface area (Å²) in [4.78, 5) is 54.5. The largest absolute Gasteiger partial charge is 0.458 e. The van der Waals surface area contributed by atoms with Crippen LogP contribution in [0.4, 0.5) is 0 Å². The number of aliphatic hydroxyl groups is 1. The monoisotopic (exact) mass is 458 g/mol. The maximum Gasteiger partial charge on any atom is 0.345 e. The predicted octanol–water partition coefficient (Wildman–Crippen LogP) is 2.58. The summed E-state index contributed by atoms with van der Waals surface area (Å²) >= 11 is 0. The minimum absolute atomic E-state index is 0.0841. The first-order chi connectivity index (χ1) is 15.4. The molecule has 0 amide bonds. The molecule has 3 aliphatic carbocycles. The normalized spacial score (nSPS) is 42.7. The number of H-pyrrole nitrogens is 2. The van der Waals surface area contributed by atoms with E-state index < -0.39 is 40.3 Å². The molecule has 8 atom stereocenters. The van der Waals surface area contributed by atoms with Gasteiger partial charge in [-0.15, -0.1) is 6.58 Å². The first-order valence-corrected chi connectivity index (χ1v) is 11.8. The topological polar surface area (TPSA) is 129 Å². The third-order valence-corrected chi connectivity index (χ3v) is 9.59. The molecule has 33 heavy (non-hydrogen) atoms. The van der Waals surface area contributed by atoms with Gasteiger partial charge >= 0.3 is 11.7 Å². The van der Waals surface area contributed by atoms with E-state index in [1.165, 1.54) is 0 Å². The first-order valence-electron chi connectivity index (χ1n) is 11.8. The van der Waals surface area contributed by atoms with Gasteiger partial charge in [0.1, 0.15) is 17.5 Å². The van der Waals surface area contributed by atoms with Crippen LogP contribution in [0.2, 0.25) is 0 Å². The van der Waals surface area contributed by atoms with Crippen LogP contribution >= 0.6 is 0 Å². The molecule has 8 nitrogen and oxygen atoms in total. The lowest BCUT2D eigenvalue weighted by molar-refractivity contribution is -0.192. The van der Waals surface area contributed by atoms with E-state index in [1.54, 1.807) is 6.08 Å². The number of hydrogen-bond donors (Lipinski definition) is 3. The molecule has 3 fully saturated rings. The van der Waals surface area contributed by atoms with Crippen molar-refractivity contribution in [2.24, 2.45) is 34.0 Å². The molecule has 1 aromatic rings. The number of aromatic nitrogens is 2. The number of esters is 1. The van der Waals surface area contributed by atoms with Crippen molar-refractivity contribution >= 4 is 11.8 Å². The zero-order valence-corrected chi connectivity index (χ0v) is 19.8. The molecule has 0 saturated heterocycles. The lowest BCUT2D eigenvalue weighted by Gasteiger charge is -2.61. The molecular weight excluding hydrogens is 424 g/mol. The Morgan fingerprint density at radius 2 is 1.94 bits per heavy atom. The van der Waals surface area contributed by atoms with Gasteiger partial charge in [-0.25, -0.2) is 9.59 Å². The number of aliphatic hydroxyl groups excluding tert-OH is 1. The number of rotatable bonds is 3. The van der Waals surface area contributed by atoms with Crippen LogP contribution in [0.25, 0.3) is 0 Å². The van der Waals surface area contributed by atoms with Gasteiger partial charge in [0, 0.05) is 29.4 Å². The van der Waals surface area contributed by atoms with Crippen molar-refractivity contribution in [3.8, 4) is 0 Å². The fourth-order valence-electron chi connectivity index (χ4n) is 7.26.